The van der Waals surface area contributed by atoms with E-state index in [0.29, 0.717) is 17.9 Å². The van der Waals surface area contributed by atoms with E-state index in [1.807, 2.05) is 19.1 Å². The lowest BCUT2D eigenvalue weighted by Gasteiger charge is -2.14. The smallest absolute Gasteiger partial charge is 0.268 e. The van der Waals surface area contributed by atoms with Gasteiger partial charge in [-0.1, -0.05) is 15.9 Å². The number of nitrogens with two attached hydrogens (primary N) is 1. The predicted octanol–water partition coefficient (Wildman–Crippen LogP) is 2.53. The Kier molecular flexibility index (Phi) is 4.50. The molecule has 0 atom stereocenters. The van der Waals surface area contributed by atoms with Gasteiger partial charge in [-0.3, -0.25) is 4.79 Å². The van der Waals surface area contributed by atoms with Crippen LogP contribution in [0.4, 0.5) is 5.82 Å². The van der Waals surface area contributed by atoms with Crippen molar-refractivity contribution in [1.29, 1.82) is 10.5 Å². The van der Waals surface area contributed by atoms with Gasteiger partial charge < -0.3 is 15.5 Å². The highest BCUT2D eigenvalue weighted by Crippen LogP contribution is 2.37. The van der Waals surface area contributed by atoms with Crippen molar-refractivity contribution >= 4 is 21.7 Å². The minimum Gasteiger partial charge on any atom is -0.493 e. The first-order valence-corrected chi connectivity index (χ1v) is 7.11. The molecule has 0 aliphatic rings. The Morgan fingerprint density at radius 1 is 1.32 bits per heavy atom. The summed E-state index contributed by atoms with van der Waals surface area (Å²) >= 11 is 3.34. The first-order valence-electron chi connectivity index (χ1n) is 6.32. The number of nitrogens with zero attached hydrogens (tertiary/aromatic N) is 2. The number of H-pyrrole nitrogens is 1. The highest BCUT2D eigenvalue weighted by atomic mass is 79.9. The van der Waals surface area contributed by atoms with Gasteiger partial charge in [-0.15, -0.1) is 0 Å². The van der Waals surface area contributed by atoms with Gasteiger partial charge in [0.2, 0.25) is 0 Å². The summed E-state index contributed by atoms with van der Waals surface area (Å²) in [6, 6.07) is 8.91. The lowest BCUT2D eigenvalue weighted by Crippen LogP contribution is -2.16. The number of rotatable bonds is 3. The van der Waals surface area contributed by atoms with Crippen molar-refractivity contribution in [2.75, 3.05) is 12.3 Å². The minimum atomic E-state index is -0.642. The molecular weight excluding hydrogens is 348 g/mol. The third-order valence-corrected chi connectivity index (χ3v) is 3.47. The van der Waals surface area contributed by atoms with Gasteiger partial charge in [0.25, 0.3) is 5.56 Å². The van der Waals surface area contributed by atoms with Crippen LogP contribution in [0.3, 0.4) is 0 Å². The van der Waals surface area contributed by atoms with Crippen LogP contribution in [-0.2, 0) is 0 Å². The second kappa shape index (κ2) is 6.33. The number of hydrogen-bond donors (Lipinski definition) is 2. The molecule has 1 aromatic carbocycles. The molecule has 1 aromatic heterocycles. The van der Waals surface area contributed by atoms with E-state index in [0.717, 1.165) is 4.47 Å². The standard InChI is InChI=1S/C15H11BrN4O2/c1-2-22-12-4-3-8(16)5-9(12)13-10(6-17)14(19)20-15(21)11(13)7-18/h3-5H,2H2,1H3,(H3,19,20,21). The highest BCUT2D eigenvalue weighted by Gasteiger charge is 2.21. The molecule has 2 rings (SSSR count). The van der Waals surface area contributed by atoms with Crippen molar-refractivity contribution in [2.45, 2.75) is 6.92 Å². The number of halogens is 1. The van der Waals surface area contributed by atoms with Gasteiger partial charge in [0, 0.05) is 15.6 Å². The molecular formula is C15H11BrN4O2. The monoisotopic (exact) mass is 358 g/mol. The Labute approximate surface area is 134 Å². The number of nitrogens with one attached hydrogen (secondary N) is 1. The van der Waals surface area contributed by atoms with Crippen LogP contribution < -0.4 is 16.0 Å². The normalized spacial score (nSPS) is 9.82. The maximum atomic E-state index is 12.0. The third-order valence-electron chi connectivity index (χ3n) is 2.98. The van der Waals surface area contributed by atoms with E-state index in [1.54, 1.807) is 18.2 Å². The first-order chi connectivity index (χ1) is 10.5. The van der Waals surface area contributed by atoms with Gasteiger partial charge >= 0.3 is 0 Å². The topological polar surface area (TPSA) is 116 Å². The van der Waals surface area contributed by atoms with Gasteiger partial charge in [-0.05, 0) is 25.1 Å². The van der Waals surface area contributed by atoms with E-state index in [4.69, 9.17) is 10.5 Å². The molecule has 0 saturated heterocycles. The molecule has 0 radical (unpaired) electrons. The molecule has 2 aromatic rings. The van der Waals surface area contributed by atoms with E-state index in [-0.39, 0.29) is 22.5 Å². The quantitative estimate of drug-likeness (QED) is 0.874. The second-order valence-electron chi connectivity index (χ2n) is 4.29. The first kappa shape index (κ1) is 15.6. The maximum Gasteiger partial charge on any atom is 0.268 e. The lowest BCUT2D eigenvalue weighted by molar-refractivity contribution is 0.341. The highest BCUT2D eigenvalue weighted by molar-refractivity contribution is 9.10. The number of ether oxygens (including phenoxy) is 1. The number of pyridine rings is 1. The average Bonchev–Trinajstić information content (AvgIpc) is 2.48. The van der Waals surface area contributed by atoms with Crippen LogP contribution in [0.2, 0.25) is 0 Å². The van der Waals surface area contributed by atoms with Gasteiger partial charge in [0.1, 0.15) is 34.8 Å². The summed E-state index contributed by atoms with van der Waals surface area (Å²) in [7, 11) is 0. The van der Waals surface area contributed by atoms with Crippen molar-refractivity contribution in [3.8, 4) is 29.0 Å². The number of anilines is 1. The fourth-order valence-electron chi connectivity index (χ4n) is 2.09. The van der Waals surface area contributed by atoms with Crippen molar-refractivity contribution in [1.82, 2.24) is 4.98 Å². The molecule has 0 aliphatic heterocycles. The Bertz CT molecular complexity index is 875. The summed E-state index contributed by atoms with van der Waals surface area (Å²) < 4.78 is 6.25. The largest absolute Gasteiger partial charge is 0.493 e. The summed E-state index contributed by atoms with van der Waals surface area (Å²) in [6.45, 7) is 2.21. The SMILES string of the molecule is CCOc1ccc(Br)cc1-c1c(C#N)c(N)[nH]c(=O)c1C#N. The molecule has 6 nitrogen and oxygen atoms in total. The zero-order valence-corrected chi connectivity index (χ0v) is 13.2. The van der Waals surface area contributed by atoms with Gasteiger partial charge in [-0.2, -0.15) is 10.5 Å². The Morgan fingerprint density at radius 2 is 2.00 bits per heavy atom. The fraction of sp³-hybridized carbons (Fsp3) is 0.133. The lowest BCUT2D eigenvalue weighted by atomic mass is 9.96. The van der Waals surface area contributed by atoms with Crippen molar-refractivity contribution in [3.05, 3.63) is 44.2 Å². The maximum absolute atomic E-state index is 12.0. The molecule has 3 N–H and O–H groups in total. The second-order valence-corrected chi connectivity index (χ2v) is 5.21. The van der Waals surface area contributed by atoms with Gasteiger partial charge in [-0.25, -0.2) is 0 Å². The molecule has 110 valence electrons. The van der Waals surface area contributed by atoms with Crippen LogP contribution in [-0.4, -0.2) is 11.6 Å². The number of benzene rings is 1. The Balaban J connectivity index is 2.95. The molecule has 7 heteroatoms. The van der Waals surface area contributed by atoms with Gasteiger partial charge in [0.05, 0.1) is 6.61 Å². The van der Waals surface area contributed by atoms with E-state index in [1.165, 1.54) is 0 Å². The fourth-order valence-corrected chi connectivity index (χ4v) is 2.45. The van der Waals surface area contributed by atoms with Crippen LogP contribution in [0.25, 0.3) is 11.1 Å². The summed E-state index contributed by atoms with van der Waals surface area (Å²) in [5, 5.41) is 18.6. The number of aromatic nitrogens is 1. The predicted molar refractivity (Wildman–Crippen MR) is 85.2 cm³/mol. The average molecular weight is 359 g/mol. The van der Waals surface area contributed by atoms with Gasteiger partial charge in [0.15, 0.2) is 0 Å². The zero-order chi connectivity index (χ0) is 16.3. The molecule has 0 fully saturated rings. The van der Waals surface area contributed by atoms with Crippen LogP contribution in [0, 0.1) is 22.7 Å². The Morgan fingerprint density at radius 3 is 2.59 bits per heavy atom. The molecule has 1 heterocycles. The molecule has 0 aliphatic carbocycles. The van der Waals surface area contributed by atoms with E-state index in [9.17, 15) is 15.3 Å². The summed E-state index contributed by atoms with van der Waals surface area (Å²) in [6.07, 6.45) is 0. The molecule has 0 saturated carbocycles. The van der Waals surface area contributed by atoms with Crippen LogP contribution in [0.5, 0.6) is 5.75 Å². The van der Waals surface area contributed by atoms with E-state index in [2.05, 4.69) is 20.9 Å². The van der Waals surface area contributed by atoms with Crippen LogP contribution >= 0.6 is 15.9 Å². The summed E-state index contributed by atoms with van der Waals surface area (Å²) in [5.41, 5.74) is 5.57. The molecule has 0 spiro atoms. The van der Waals surface area contributed by atoms with Crippen molar-refractivity contribution in [3.63, 3.8) is 0 Å². The Hall–Kier alpha value is -2.77. The molecule has 0 unspecified atom stereocenters. The van der Waals surface area contributed by atoms with Crippen LogP contribution in [0.15, 0.2) is 27.5 Å². The summed E-state index contributed by atoms with van der Waals surface area (Å²) in [5.74, 6) is 0.382. The number of aromatic amines is 1. The number of nitriles is 2. The van der Waals surface area contributed by atoms with Crippen LogP contribution in [0.1, 0.15) is 18.1 Å². The number of hydrogen-bond acceptors (Lipinski definition) is 5. The van der Waals surface area contributed by atoms with E-state index >= 15 is 0 Å². The van der Waals surface area contributed by atoms with Crippen molar-refractivity contribution in [2.24, 2.45) is 0 Å². The van der Waals surface area contributed by atoms with Crippen molar-refractivity contribution < 1.29 is 4.74 Å². The molecule has 22 heavy (non-hydrogen) atoms. The third kappa shape index (κ3) is 2.67. The molecule has 0 amide bonds. The molecule has 0 bridgehead atoms. The minimum absolute atomic E-state index is 0.0372. The van der Waals surface area contributed by atoms with E-state index < -0.39 is 5.56 Å². The zero-order valence-electron chi connectivity index (χ0n) is 11.6. The number of nitrogen functional groups attached to an aromatic ring is 1. The summed E-state index contributed by atoms with van der Waals surface area (Å²) in [4.78, 5) is 14.3.